The lowest BCUT2D eigenvalue weighted by Crippen LogP contribution is -2.16. The Hall–Kier alpha value is -2.08. The number of carbonyl (C=O) groups is 2. The Labute approximate surface area is 97.6 Å². The molecule has 6 nitrogen and oxygen atoms in total. The highest BCUT2D eigenvalue weighted by molar-refractivity contribution is 5.93. The van der Waals surface area contributed by atoms with Crippen molar-refractivity contribution in [2.24, 2.45) is 0 Å². The van der Waals surface area contributed by atoms with Gasteiger partial charge < -0.3 is 20.7 Å². The summed E-state index contributed by atoms with van der Waals surface area (Å²) in [6, 6.07) is 3.93. The fraction of sp³-hybridized carbons (Fsp3) is 0.273. The molecule has 1 unspecified atom stereocenters. The first kappa shape index (κ1) is 13.0. The number of aliphatic hydroxyl groups is 1. The van der Waals surface area contributed by atoms with Crippen molar-refractivity contribution in [2.45, 2.75) is 19.4 Å². The molecule has 4 N–H and O–H groups in total. The van der Waals surface area contributed by atoms with Crippen LogP contribution in [0.2, 0.25) is 0 Å². The Kier molecular flexibility index (Phi) is 4.06. The summed E-state index contributed by atoms with van der Waals surface area (Å²) in [5.74, 6) is -2.03. The number of nitrogens with two attached hydrogens (primary N) is 1. The summed E-state index contributed by atoms with van der Waals surface area (Å²) in [5, 5.41) is 17.9. The largest absolute Gasteiger partial charge is 0.478 e. The lowest BCUT2D eigenvalue weighted by Gasteiger charge is -2.08. The van der Waals surface area contributed by atoms with Crippen LogP contribution in [0.4, 0.5) is 5.69 Å². The van der Waals surface area contributed by atoms with Crippen LogP contribution in [-0.2, 0) is 4.79 Å². The molecule has 92 valence electrons. The number of carboxylic acid groups (broad SMARTS) is 1. The number of ether oxygens (including phenoxy) is 1. The van der Waals surface area contributed by atoms with E-state index in [2.05, 4.69) is 0 Å². The topological polar surface area (TPSA) is 110 Å². The highest BCUT2D eigenvalue weighted by atomic mass is 16.5. The number of anilines is 1. The van der Waals surface area contributed by atoms with E-state index in [0.717, 1.165) is 0 Å². The van der Waals surface area contributed by atoms with Crippen LogP contribution in [0.5, 0.6) is 5.75 Å². The number of aliphatic hydroxyl groups excluding tert-OH is 1. The number of carboxylic acids is 1. The van der Waals surface area contributed by atoms with Gasteiger partial charge in [0.25, 0.3) is 0 Å². The van der Waals surface area contributed by atoms with Crippen molar-refractivity contribution in [2.75, 3.05) is 5.73 Å². The van der Waals surface area contributed by atoms with Gasteiger partial charge in [0.05, 0.1) is 12.5 Å². The molecular formula is C11H13NO5. The molecule has 0 aliphatic carbocycles. The minimum Gasteiger partial charge on any atom is -0.478 e. The molecule has 0 aliphatic heterocycles. The average molecular weight is 239 g/mol. The summed E-state index contributed by atoms with van der Waals surface area (Å²) in [4.78, 5) is 22.2. The van der Waals surface area contributed by atoms with Gasteiger partial charge in [0.1, 0.15) is 11.3 Å². The Bertz CT molecular complexity index is 441. The van der Waals surface area contributed by atoms with E-state index >= 15 is 0 Å². The second-order valence-electron chi connectivity index (χ2n) is 3.59. The molecule has 1 aromatic rings. The van der Waals surface area contributed by atoms with Gasteiger partial charge in [0.15, 0.2) is 0 Å². The highest BCUT2D eigenvalue weighted by Crippen LogP contribution is 2.22. The molecule has 0 amide bonds. The number of hydrogen-bond acceptors (Lipinski definition) is 5. The summed E-state index contributed by atoms with van der Waals surface area (Å²) in [5.41, 5.74) is 5.50. The number of benzene rings is 1. The zero-order valence-electron chi connectivity index (χ0n) is 9.21. The number of nitrogen functional groups attached to an aromatic ring is 1. The summed E-state index contributed by atoms with van der Waals surface area (Å²) in [6.07, 6.45) is -1.05. The quantitative estimate of drug-likeness (QED) is 0.404. The Balaban J connectivity index is 2.91. The van der Waals surface area contributed by atoms with E-state index in [9.17, 15) is 9.59 Å². The highest BCUT2D eigenvalue weighted by Gasteiger charge is 2.16. The van der Waals surface area contributed by atoms with Crippen LogP contribution in [0.15, 0.2) is 18.2 Å². The molecule has 17 heavy (non-hydrogen) atoms. The van der Waals surface area contributed by atoms with Gasteiger partial charge in [-0.15, -0.1) is 0 Å². The monoisotopic (exact) mass is 239 g/mol. The summed E-state index contributed by atoms with van der Waals surface area (Å²) in [7, 11) is 0. The first-order valence-electron chi connectivity index (χ1n) is 4.91. The van der Waals surface area contributed by atoms with Crippen LogP contribution in [0.1, 0.15) is 23.7 Å². The maximum Gasteiger partial charge on any atom is 0.339 e. The molecule has 0 spiro atoms. The number of hydrogen-bond donors (Lipinski definition) is 3. The molecule has 0 aliphatic rings. The van der Waals surface area contributed by atoms with Crippen LogP contribution in [0.25, 0.3) is 0 Å². The van der Waals surface area contributed by atoms with Crippen molar-refractivity contribution in [1.82, 2.24) is 0 Å². The number of rotatable bonds is 4. The number of carbonyl (C=O) groups excluding carboxylic acids is 1. The van der Waals surface area contributed by atoms with Crippen LogP contribution in [0, 0.1) is 0 Å². The van der Waals surface area contributed by atoms with E-state index in [1.54, 1.807) is 0 Å². The fourth-order valence-corrected chi connectivity index (χ4v) is 1.21. The Morgan fingerprint density at radius 1 is 1.47 bits per heavy atom. The van der Waals surface area contributed by atoms with Crippen molar-refractivity contribution < 1.29 is 24.5 Å². The van der Waals surface area contributed by atoms with Gasteiger partial charge in [0, 0.05) is 5.69 Å². The lowest BCUT2D eigenvalue weighted by molar-refractivity contribution is -0.136. The molecule has 1 atom stereocenters. The molecule has 0 fully saturated rings. The summed E-state index contributed by atoms with van der Waals surface area (Å²) in [6.45, 7) is 1.43. The van der Waals surface area contributed by atoms with Gasteiger partial charge in [-0.25, -0.2) is 4.79 Å². The van der Waals surface area contributed by atoms with Crippen LogP contribution in [0.3, 0.4) is 0 Å². The van der Waals surface area contributed by atoms with Gasteiger partial charge in [-0.2, -0.15) is 0 Å². The average Bonchev–Trinajstić information content (AvgIpc) is 2.19. The summed E-state index contributed by atoms with van der Waals surface area (Å²) < 4.78 is 4.84. The Morgan fingerprint density at radius 2 is 2.12 bits per heavy atom. The van der Waals surface area contributed by atoms with E-state index in [1.165, 1.54) is 25.1 Å². The van der Waals surface area contributed by atoms with Gasteiger partial charge in [0.2, 0.25) is 0 Å². The van der Waals surface area contributed by atoms with Crippen molar-refractivity contribution in [3.63, 3.8) is 0 Å². The third-order valence-corrected chi connectivity index (χ3v) is 1.92. The minimum absolute atomic E-state index is 0.0858. The third kappa shape index (κ3) is 3.76. The van der Waals surface area contributed by atoms with E-state index in [-0.39, 0.29) is 23.4 Å². The lowest BCUT2D eigenvalue weighted by atomic mass is 10.2. The molecular weight excluding hydrogens is 226 g/mol. The van der Waals surface area contributed by atoms with Gasteiger partial charge >= 0.3 is 11.9 Å². The predicted molar refractivity (Wildman–Crippen MR) is 59.7 cm³/mol. The second-order valence-corrected chi connectivity index (χ2v) is 3.59. The van der Waals surface area contributed by atoms with Crippen LogP contribution < -0.4 is 10.5 Å². The predicted octanol–water partition coefficient (Wildman–Crippen LogP) is 0.643. The summed E-state index contributed by atoms with van der Waals surface area (Å²) >= 11 is 0. The normalized spacial score (nSPS) is 11.9. The van der Waals surface area contributed by atoms with Gasteiger partial charge in [-0.05, 0) is 25.1 Å². The molecule has 0 saturated carbocycles. The molecule has 0 bridgehead atoms. The maximum atomic E-state index is 11.3. The third-order valence-electron chi connectivity index (χ3n) is 1.92. The van der Waals surface area contributed by atoms with Crippen molar-refractivity contribution in [3.8, 4) is 5.75 Å². The van der Waals surface area contributed by atoms with Gasteiger partial charge in [-0.1, -0.05) is 0 Å². The second kappa shape index (κ2) is 5.31. The zero-order valence-corrected chi connectivity index (χ0v) is 9.21. The Morgan fingerprint density at radius 3 is 2.65 bits per heavy atom. The van der Waals surface area contributed by atoms with E-state index in [0.29, 0.717) is 0 Å². The van der Waals surface area contributed by atoms with Crippen molar-refractivity contribution in [3.05, 3.63) is 23.8 Å². The fourth-order valence-electron chi connectivity index (χ4n) is 1.21. The molecule has 1 aromatic carbocycles. The number of aromatic carboxylic acids is 1. The van der Waals surface area contributed by atoms with E-state index < -0.39 is 18.0 Å². The first-order valence-corrected chi connectivity index (χ1v) is 4.91. The molecule has 6 heteroatoms. The van der Waals surface area contributed by atoms with E-state index in [1.807, 2.05) is 0 Å². The van der Waals surface area contributed by atoms with Crippen LogP contribution in [-0.4, -0.2) is 28.3 Å². The number of esters is 1. The smallest absolute Gasteiger partial charge is 0.339 e. The molecule has 0 aromatic heterocycles. The molecule has 0 saturated heterocycles. The van der Waals surface area contributed by atoms with Gasteiger partial charge in [-0.3, -0.25) is 4.79 Å². The van der Waals surface area contributed by atoms with E-state index in [4.69, 9.17) is 20.7 Å². The van der Waals surface area contributed by atoms with Crippen molar-refractivity contribution in [1.29, 1.82) is 0 Å². The van der Waals surface area contributed by atoms with Crippen LogP contribution >= 0.6 is 0 Å². The standard InChI is InChI=1S/C11H13NO5/c1-6(13)4-10(14)17-9-3-2-7(12)5-8(9)11(15)16/h2-3,5-6,13H,4,12H2,1H3,(H,15,16). The van der Waals surface area contributed by atoms with Crippen molar-refractivity contribution >= 4 is 17.6 Å². The SMILES string of the molecule is CC(O)CC(=O)Oc1ccc(N)cc1C(=O)O. The first-order chi connectivity index (χ1) is 7.90. The maximum absolute atomic E-state index is 11.3. The molecule has 1 rings (SSSR count). The molecule has 0 radical (unpaired) electrons. The minimum atomic E-state index is -1.24. The molecule has 0 heterocycles. The zero-order chi connectivity index (χ0) is 13.0.